The molecule has 0 atom stereocenters. The lowest BCUT2D eigenvalue weighted by Gasteiger charge is -2.19. The fraction of sp³-hybridized carbons (Fsp3) is 0.833. The predicted octanol–water partition coefficient (Wildman–Crippen LogP) is -0.0162. The molecule has 0 aromatic heterocycles. The SMILES string of the molecule is CC(=O)N(C)CN(C)C. The molecule has 0 spiro atoms. The van der Waals surface area contributed by atoms with Gasteiger partial charge in [0.25, 0.3) is 0 Å². The first-order chi connectivity index (χ1) is 4.04. The minimum absolute atomic E-state index is 0.101. The first-order valence-electron chi connectivity index (χ1n) is 2.90. The summed E-state index contributed by atoms with van der Waals surface area (Å²) < 4.78 is 0. The smallest absolute Gasteiger partial charge is 0.220 e. The Balaban J connectivity index is 3.50. The molecule has 0 saturated carbocycles. The zero-order valence-corrected chi connectivity index (χ0v) is 6.51. The van der Waals surface area contributed by atoms with Crippen molar-refractivity contribution >= 4 is 5.91 Å². The van der Waals surface area contributed by atoms with Crippen molar-refractivity contribution in [2.75, 3.05) is 27.8 Å². The Morgan fingerprint density at radius 2 is 1.78 bits per heavy atom. The van der Waals surface area contributed by atoms with Crippen LogP contribution in [0.4, 0.5) is 0 Å². The number of rotatable bonds is 2. The fourth-order valence-electron chi connectivity index (χ4n) is 0.524. The van der Waals surface area contributed by atoms with E-state index in [2.05, 4.69) is 0 Å². The summed E-state index contributed by atoms with van der Waals surface area (Å²) in [7, 11) is 5.64. The quantitative estimate of drug-likeness (QED) is 0.491. The maximum absolute atomic E-state index is 10.6. The molecule has 0 N–H and O–H groups in total. The van der Waals surface area contributed by atoms with Gasteiger partial charge in [0.1, 0.15) is 0 Å². The summed E-state index contributed by atoms with van der Waals surface area (Å²) in [4.78, 5) is 14.2. The van der Waals surface area contributed by atoms with Crippen molar-refractivity contribution in [3.05, 3.63) is 0 Å². The third-order valence-electron chi connectivity index (χ3n) is 1.03. The Kier molecular flexibility index (Phi) is 3.24. The molecular formula is C6H14N2O. The van der Waals surface area contributed by atoms with E-state index in [1.807, 2.05) is 19.0 Å². The van der Waals surface area contributed by atoms with Gasteiger partial charge in [0.15, 0.2) is 0 Å². The molecule has 0 unspecified atom stereocenters. The van der Waals surface area contributed by atoms with E-state index in [9.17, 15) is 4.79 Å². The molecule has 3 heteroatoms. The number of hydrogen-bond acceptors (Lipinski definition) is 2. The lowest BCUT2D eigenvalue weighted by atomic mass is 10.6. The lowest BCUT2D eigenvalue weighted by molar-refractivity contribution is -0.129. The van der Waals surface area contributed by atoms with Crippen LogP contribution in [0.5, 0.6) is 0 Å². The van der Waals surface area contributed by atoms with Gasteiger partial charge in [0.05, 0.1) is 6.67 Å². The number of nitrogens with zero attached hydrogens (tertiary/aromatic N) is 2. The molecule has 0 aromatic rings. The van der Waals surface area contributed by atoms with E-state index in [0.717, 1.165) is 0 Å². The highest BCUT2D eigenvalue weighted by molar-refractivity contribution is 5.72. The van der Waals surface area contributed by atoms with Gasteiger partial charge in [-0.1, -0.05) is 0 Å². The van der Waals surface area contributed by atoms with Crippen LogP contribution in [-0.2, 0) is 4.79 Å². The van der Waals surface area contributed by atoms with E-state index in [1.165, 1.54) is 0 Å². The van der Waals surface area contributed by atoms with Crippen LogP contribution in [0.2, 0.25) is 0 Å². The molecule has 0 fully saturated rings. The van der Waals surface area contributed by atoms with Gasteiger partial charge < -0.3 is 4.90 Å². The molecular weight excluding hydrogens is 116 g/mol. The van der Waals surface area contributed by atoms with Gasteiger partial charge in [-0.15, -0.1) is 0 Å². The lowest BCUT2D eigenvalue weighted by Crippen LogP contribution is -2.33. The zero-order chi connectivity index (χ0) is 7.44. The normalized spacial score (nSPS) is 9.89. The molecule has 0 aromatic carbocycles. The highest BCUT2D eigenvalue weighted by Gasteiger charge is 2.00. The maximum Gasteiger partial charge on any atom is 0.220 e. The summed E-state index contributed by atoms with van der Waals surface area (Å²) in [6, 6.07) is 0. The predicted molar refractivity (Wildman–Crippen MR) is 37.0 cm³/mol. The summed E-state index contributed by atoms with van der Waals surface area (Å²) in [6.07, 6.45) is 0. The molecule has 1 amide bonds. The van der Waals surface area contributed by atoms with Crippen molar-refractivity contribution in [1.29, 1.82) is 0 Å². The fourth-order valence-corrected chi connectivity index (χ4v) is 0.524. The molecule has 0 radical (unpaired) electrons. The van der Waals surface area contributed by atoms with E-state index >= 15 is 0 Å². The van der Waals surface area contributed by atoms with Gasteiger partial charge in [-0.05, 0) is 14.1 Å². The van der Waals surface area contributed by atoms with Crippen molar-refractivity contribution in [2.24, 2.45) is 0 Å². The molecule has 3 nitrogen and oxygen atoms in total. The molecule has 0 aliphatic rings. The summed E-state index contributed by atoms with van der Waals surface area (Å²) in [6.45, 7) is 2.25. The Bertz CT molecular complexity index is 101. The van der Waals surface area contributed by atoms with Crippen molar-refractivity contribution in [3.63, 3.8) is 0 Å². The number of carbonyl (C=O) groups excluding carboxylic acids is 1. The van der Waals surface area contributed by atoms with Crippen molar-refractivity contribution in [2.45, 2.75) is 6.92 Å². The minimum atomic E-state index is 0.101. The Labute approximate surface area is 56.2 Å². The summed E-state index contributed by atoms with van der Waals surface area (Å²) in [5, 5.41) is 0. The van der Waals surface area contributed by atoms with Crippen molar-refractivity contribution in [3.8, 4) is 0 Å². The molecule has 0 aliphatic heterocycles. The Morgan fingerprint density at radius 3 is 1.89 bits per heavy atom. The van der Waals surface area contributed by atoms with Crippen molar-refractivity contribution in [1.82, 2.24) is 9.80 Å². The zero-order valence-electron chi connectivity index (χ0n) is 6.51. The van der Waals surface area contributed by atoms with Gasteiger partial charge in [-0.3, -0.25) is 9.69 Å². The number of amides is 1. The monoisotopic (exact) mass is 130 g/mol. The van der Waals surface area contributed by atoms with E-state index in [1.54, 1.807) is 18.9 Å². The number of hydrogen-bond donors (Lipinski definition) is 0. The minimum Gasteiger partial charge on any atom is -0.333 e. The average Bonchev–Trinajstić information content (AvgIpc) is 1.63. The second-order valence-corrected chi connectivity index (χ2v) is 2.44. The van der Waals surface area contributed by atoms with Crippen LogP contribution in [0, 0.1) is 0 Å². The molecule has 0 rings (SSSR count). The number of carbonyl (C=O) groups is 1. The molecule has 0 saturated heterocycles. The van der Waals surface area contributed by atoms with Crippen LogP contribution in [0.25, 0.3) is 0 Å². The first-order valence-corrected chi connectivity index (χ1v) is 2.90. The van der Waals surface area contributed by atoms with Gasteiger partial charge in [0, 0.05) is 14.0 Å². The second-order valence-electron chi connectivity index (χ2n) is 2.44. The molecule has 0 bridgehead atoms. The Morgan fingerprint density at radius 1 is 1.33 bits per heavy atom. The largest absolute Gasteiger partial charge is 0.333 e. The van der Waals surface area contributed by atoms with E-state index < -0.39 is 0 Å². The van der Waals surface area contributed by atoms with Crippen LogP contribution in [0.3, 0.4) is 0 Å². The van der Waals surface area contributed by atoms with Gasteiger partial charge >= 0.3 is 0 Å². The van der Waals surface area contributed by atoms with Crippen LogP contribution >= 0.6 is 0 Å². The van der Waals surface area contributed by atoms with E-state index in [-0.39, 0.29) is 5.91 Å². The third-order valence-corrected chi connectivity index (χ3v) is 1.03. The summed E-state index contributed by atoms with van der Waals surface area (Å²) in [5.74, 6) is 0.101. The Hall–Kier alpha value is -0.570. The van der Waals surface area contributed by atoms with E-state index in [0.29, 0.717) is 6.67 Å². The maximum atomic E-state index is 10.6. The average molecular weight is 130 g/mol. The third kappa shape index (κ3) is 3.97. The molecule has 9 heavy (non-hydrogen) atoms. The van der Waals surface area contributed by atoms with Crippen LogP contribution in [-0.4, -0.2) is 43.5 Å². The van der Waals surface area contributed by atoms with Gasteiger partial charge in [0.2, 0.25) is 5.91 Å². The topological polar surface area (TPSA) is 23.6 Å². The molecule has 0 heterocycles. The van der Waals surface area contributed by atoms with Gasteiger partial charge in [-0.25, -0.2) is 0 Å². The molecule has 0 aliphatic carbocycles. The highest BCUT2D eigenvalue weighted by Crippen LogP contribution is 1.83. The van der Waals surface area contributed by atoms with Gasteiger partial charge in [-0.2, -0.15) is 0 Å². The van der Waals surface area contributed by atoms with Crippen LogP contribution in [0.1, 0.15) is 6.92 Å². The van der Waals surface area contributed by atoms with Crippen LogP contribution in [0.15, 0.2) is 0 Å². The second kappa shape index (κ2) is 3.45. The summed E-state index contributed by atoms with van der Waals surface area (Å²) >= 11 is 0. The molecule has 54 valence electrons. The van der Waals surface area contributed by atoms with E-state index in [4.69, 9.17) is 0 Å². The first kappa shape index (κ1) is 8.43. The summed E-state index contributed by atoms with van der Waals surface area (Å²) in [5.41, 5.74) is 0. The van der Waals surface area contributed by atoms with Crippen molar-refractivity contribution < 1.29 is 4.79 Å². The van der Waals surface area contributed by atoms with Crippen LogP contribution < -0.4 is 0 Å². The highest BCUT2D eigenvalue weighted by atomic mass is 16.2. The standard InChI is InChI=1S/C6H14N2O/c1-6(9)8(4)5-7(2)3/h5H2,1-4H3.